The second-order valence-corrected chi connectivity index (χ2v) is 8.36. The highest BCUT2D eigenvalue weighted by molar-refractivity contribution is 8.13. The van der Waals surface area contributed by atoms with Gasteiger partial charge >= 0.3 is 6.09 Å². The molecule has 0 aliphatic heterocycles. The van der Waals surface area contributed by atoms with Crippen LogP contribution in [0.3, 0.4) is 0 Å². The molecule has 0 aliphatic rings. The Morgan fingerprint density at radius 1 is 1.29 bits per heavy atom. The number of carbonyl (C=O) groups is 1. The van der Waals surface area contributed by atoms with Crippen LogP contribution in [0.2, 0.25) is 0 Å². The number of hydrogen-bond acceptors (Lipinski definition) is 4. The molecule has 118 valence electrons. The first kappa shape index (κ1) is 17.8. The highest BCUT2D eigenvalue weighted by atomic mass is 35.7. The molecule has 21 heavy (non-hydrogen) atoms. The first-order valence-corrected chi connectivity index (χ1v) is 9.03. The molecule has 0 saturated carbocycles. The van der Waals surface area contributed by atoms with Gasteiger partial charge in [-0.05, 0) is 17.4 Å². The van der Waals surface area contributed by atoms with Crippen molar-refractivity contribution in [1.82, 2.24) is 5.32 Å². The van der Waals surface area contributed by atoms with Gasteiger partial charge in [0, 0.05) is 17.2 Å². The van der Waals surface area contributed by atoms with E-state index in [0.717, 1.165) is 5.56 Å². The summed E-state index contributed by atoms with van der Waals surface area (Å²) in [6.07, 6.45) is -0.0391. The molecule has 0 atom stereocenters. The van der Waals surface area contributed by atoms with Gasteiger partial charge in [0.25, 0.3) is 0 Å². The lowest BCUT2D eigenvalue weighted by Gasteiger charge is -2.22. The van der Waals surface area contributed by atoms with Crippen LogP contribution in [-0.2, 0) is 20.4 Å². The minimum Gasteiger partial charge on any atom is -0.445 e. The van der Waals surface area contributed by atoms with E-state index in [0.29, 0.717) is 13.0 Å². The molecule has 0 aromatic heterocycles. The largest absolute Gasteiger partial charge is 0.445 e. The van der Waals surface area contributed by atoms with Crippen LogP contribution in [0.5, 0.6) is 0 Å². The number of ether oxygens (including phenoxy) is 1. The van der Waals surface area contributed by atoms with Crippen molar-refractivity contribution in [1.29, 1.82) is 0 Å². The number of nitrogens with one attached hydrogen (secondary N) is 1. The number of rotatable bonds is 7. The summed E-state index contributed by atoms with van der Waals surface area (Å²) < 4.78 is 27.2. The molecule has 7 heteroatoms. The van der Waals surface area contributed by atoms with Crippen LogP contribution in [0.25, 0.3) is 0 Å². The molecule has 1 amide bonds. The van der Waals surface area contributed by atoms with Crippen LogP contribution in [0.15, 0.2) is 30.3 Å². The third kappa shape index (κ3) is 8.57. The van der Waals surface area contributed by atoms with Crippen molar-refractivity contribution in [2.45, 2.75) is 26.9 Å². The van der Waals surface area contributed by atoms with Gasteiger partial charge < -0.3 is 10.1 Å². The van der Waals surface area contributed by atoms with E-state index in [4.69, 9.17) is 15.4 Å². The summed E-state index contributed by atoms with van der Waals surface area (Å²) in [6.45, 7) is 4.09. The van der Waals surface area contributed by atoms with Crippen LogP contribution in [0.1, 0.15) is 25.8 Å². The maximum absolute atomic E-state index is 11.5. The zero-order valence-corrected chi connectivity index (χ0v) is 13.7. The van der Waals surface area contributed by atoms with Gasteiger partial charge in [-0.15, -0.1) is 0 Å². The lowest BCUT2D eigenvalue weighted by atomic mass is 9.92. The summed E-state index contributed by atoms with van der Waals surface area (Å²) in [5, 5.41) is 2.60. The number of hydrogen-bond donors (Lipinski definition) is 1. The number of halogens is 1. The Hall–Kier alpha value is -1.27. The fraction of sp³-hybridized carbons (Fsp3) is 0.500. The van der Waals surface area contributed by atoms with Gasteiger partial charge in [-0.25, -0.2) is 13.2 Å². The van der Waals surface area contributed by atoms with Crippen molar-refractivity contribution in [3.63, 3.8) is 0 Å². The molecular weight excluding hydrogens is 314 g/mol. The van der Waals surface area contributed by atoms with E-state index in [1.165, 1.54) is 0 Å². The summed E-state index contributed by atoms with van der Waals surface area (Å²) in [5.74, 6) is -0.137. The number of benzene rings is 1. The molecule has 0 radical (unpaired) electrons. The number of carbonyl (C=O) groups excluding carboxylic acids is 1. The molecule has 0 bridgehead atoms. The third-order valence-corrected chi connectivity index (χ3v) is 4.30. The average molecular weight is 334 g/mol. The molecular formula is C14H20ClNO4S. The molecule has 1 aromatic rings. The zero-order valence-electron chi connectivity index (χ0n) is 12.1. The zero-order chi connectivity index (χ0) is 15.9. The van der Waals surface area contributed by atoms with Crippen LogP contribution < -0.4 is 5.32 Å². The Morgan fingerprint density at radius 2 is 1.90 bits per heavy atom. The van der Waals surface area contributed by atoms with Crippen LogP contribution in [-0.4, -0.2) is 26.8 Å². The fourth-order valence-electron chi connectivity index (χ4n) is 1.82. The molecule has 1 rings (SSSR count). The minimum absolute atomic E-state index is 0.137. The molecule has 0 fully saturated rings. The predicted molar refractivity (Wildman–Crippen MR) is 82.7 cm³/mol. The Morgan fingerprint density at radius 3 is 2.48 bits per heavy atom. The highest BCUT2D eigenvalue weighted by Gasteiger charge is 2.24. The van der Waals surface area contributed by atoms with Crippen molar-refractivity contribution in [3.8, 4) is 0 Å². The van der Waals surface area contributed by atoms with Crippen LogP contribution in [0.4, 0.5) is 4.79 Å². The van der Waals surface area contributed by atoms with E-state index in [1.807, 2.05) is 30.3 Å². The van der Waals surface area contributed by atoms with E-state index in [1.54, 1.807) is 13.8 Å². The van der Waals surface area contributed by atoms with Gasteiger partial charge in [0.15, 0.2) is 0 Å². The minimum atomic E-state index is -3.55. The molecule has 0 unspecified atom stereocenters. The van der Waals surface area contributed by atoms with Crippen molar-refractivity contribution in [2.75, 3.05) is 12.3 Å². The van der Waals surface area contributed by atoms with Crippen molar-refractivity contribution in [3.05, 3.63) is 35.9 Å². The monoisotopic (exact) mass is 333 g/mol. The normalized spacial score (nSPS) is 12.0. The number of amides is 1. The first-order valence-electron chi connectivity index (χ1n) is 6.55. The second-order valence-electron chi connectivity index (χ2n) is 5.59. The fourth-order valence-corrected chi connectivity index (χ4v) is 3.78. The van der Waals surface area contributed by atoms with Gasteiger partial charge in [-0.1, -0.05) is 44.2 Å². The van der Waals surface area contributed by atoms with Crippen molar-refractivity contribution in [2.24, 2.45) is 5.41 Å². The first-order chi connectivity index (χ1) is 9.68. The SMILES string of the molecule is CC(C)(CCNC(=O)OCc1ccccc1)CS(=O)(=O)Cl. The number of alkyl carbamates (subject to hydrolysis) is 1. The Kier molecular flexibility index (Phi) is 6.48. The maximum Gasteiger partial charge on any atom is 0.407 e. The second kappa shape index (κ2) is 7.66. The van der Waals surface area contributed by atoms with Crippen LogP contribution in [0, 0.1) is 5.41 Å². The Balaban J connectivity index is 2.27. The van der Waals surface area contributed by atoms with E-state index in [9.17, 15) is 13.2 Å². The lowest BCUT2D eigenvalue weighted by molar-refractivity contribution is 0.138. The summed E-state index contributed by atoms with van der Waals surface area (Å²) in [6, 6.07) is 9.34. The molecule has 0 heterocycles. The smallest absolute Gasteiger partial charge is 0.407 e. The van der Waals surface area contributed by atoms with Crippen LogP contribution >= 0.6 is 10.7 Å². The summed E-state index contributed by atoms with van der Waals surface area (Å²) in [4.78, 5) is 11.5. The van der Waals surface area contributed by atoms with Gasteiger partial charge in [0.2, 0.25) is 9.05 Å². The lowest BCUT2D eigenvalue weighted by Crippen LogP contribution is -2.31. The molecule has 1 N–H and O–H groups in total. The maximum atomic E-state index is 11.5. The summed E-state index contributed by atoms with van der Waals surface area (Å²) in [5.41, 5.74) is 0.397. The summed E-state index contributed by atoms with van der Waals surface area (Å²) >= 11 is 0. The predicted octanol–water partition coefficient (Wildman–Crippen LogP) is 2.90. The molecule has 0 aliphatic carbocycles. The molecule has 0 spiro atoms. The van der Waals surface area contributed by atoms with E-state index in [-0.39, 0.29) is 12.4 Å². The van der Waals surface area contributed by atoms with E-state index in [2.05, 4.69) is 5.32 Å². The van der Waals surface area contributed by atoms with Gasteiger partial charge in [0.05, 0.1) is 5.75 Å². The van der Waals surface area contributed by atoms with Crippen molar-refractivity contribution >= 4 is 25.8 Å². The Bertz CT molecular complexity index is 558. The topological polar surface area (TPSA) is 72.5 Å². The highest BCUT2D eigenvalue weighted by Crippen LogP contribution is 2.23. The molecule has 5 nitrogen and oxygen atoms in total. The Labute approximate surface area is 130 Å². The van der Waals surface area contributed by atoms with Gasteiger partial charge in [-0.2, -0.15) is 0 Å². The van der Waals surface area contributed by atoms with E-state index < -0.39 is 20.6 Å². The third-order valence-electron chi connectivity index (χ3n) is 2.85. The van der Waals surface area contributed by atoms with Gasteiger partial charge in [0.1, 0.15) is 6.61 Å². The molecule has 0 saturated heterocycles. The summed E-state index contributed by atoms with van der Waals surface area (Å²) in [7, 11) is 1.69. The average Bonchev–Trinajstić information content (AvgIpc) is 2.34. The van der Waals surface area contributed by atoms with E-state index >= 15 is 0 Å². The van der Waals surface area contributed by atoms with Gasteiger partial charge in [-0.3, -0.25) is 0 Å². The quantitative estimate of drug-likeness (QED) is 0.779. The standard InChI is InChI=1S/C14H20ClNO4S/c1-14(2,11-21(15,18)19)8-9-16-13(17)20-10-12-6-4-3-5-7-12/h3-7H,8-11H2,1-2H3,(H,16,17). The molecule has 1 aromatic carbocycles. The van der Waals surface area contributed by atoms with Crippen molar-refractivity contribution < 1.29 is 17.9 Å².